The minimum atomic E-state index is -0.108. The van der Waals surface area contributed by atoms with E-state index >= 15 is 0 Å². The van der Waals surface area contributed by atoms with Gasteiger partial charge in [-0.15, -0.1) is 0 Å². The Balaban J connectivity index is 1.35. The molecule has 1 saturated heterocycles. The topological polar surface area (TPSA) is 69.3 Å². The fourth-order valence-corrected chi connectivity index (χ4v) is 3.82. The first-order valence-electron chi connectivity index (χ1n) is 8.88. The fraction of sp³-hybridized carbons (Fsp3) is 0.250. The molecule has 7 heteroatoms. The molecule has 0 radical (unpaired) electrons. The summed E-state index contributed by atoms with van der Waals surface area (Å²) in [5, 5.41) is 4.61. The number of nitrogens with one attached hydrogen (secondary N) is 1. The number of aromatic nitrogens is 2. The number of piperazine rings is 1. The first-order chi connectivity index (χ1) is 13.2. The van der Waals surface area contributed by atoms with Crippen molar-refractivity contribution in [1.29, 1.82) is 0 Å². The molecule has 1 amide bonds. The van der Waals surface area contributed by atoms with Crippen LogP contribution >= 0.6 is 11.3 Å². The maximum atomic E-state index is 12.3. The fourth-order valence-electron chi connectivity index (χ4n) is 3.19. The normalized spacial score (nSPS) is 15.6. The number of para-hydroxylation sites is 1. The molecule has 6 nitrogen and oxygen atoms in total. The van der Waals surface area contributed by atoms with E-state index in [2.05, 4.69) is 14.9 Å². The van der Waals surface area contributed by atoms with Crippen molar-refractivity contribution >= 4 is 34.2 Å². The minimum Gasteiger partial charge on any atom is -0.337 e. The first kappa shape index (κ1) is 17.6. The molecule has 138 valence electrons. The van der Waals surface area contributed by atoms with Gasteiger partial charge < -0.3 is 9.88 Å². The molecule has 1 aromatic carbocycles. The van der Waals surface area contributed by atoms with Gasteiger partial charge in [-0.1, -0.05) is 12.1 Å². The number of aromatic amines is 1. The smallest absolute Gasteiger partial charge is 0.258 e. The van der Waals surface area contributed by atoms with Crippen molar-refractivity contribution in [3.63, 3.8) is 0 Å². The number of thiophene rings is 1. The van der Waals surface area contributed by atoms with Crippen molar-refractivity contribution in [2.24, 2.45) is 0 Å². The third kappa shape index (κ3) is 4.15. The number of rotatable bonds is 4. The van der Waals surface area contributed by atoms with Gasteiger partial charge in [-0.25, -0.2) is 4.98 Å². The van der Waals surface area contributed by atoms with Crippen LogP contribution in [0.1, 0.15) is 11.4 Å². The Morgan fingerprint density at radius 2 is 2.00 bits per heavy atom. The summed E-state index contributed by atoms with van der Waals surface area (Å²) < 4.78 is 0. The molecule has 27 heavy (non-hydrogen) atoms. The van der Waals surface area contributed by atoms with Gasteiger partial charge in [0.1, 0.15) is 5.82 Å². The van der Waals surface area contributed by atoms with Crippen molar-refractivity contribution in [2.75, 3.05) is 26.2 Å². The van der Waals surface area contributed by atoms with Crippen molar-refractivity contribution in [2.45, 2.75) is 6.54 Å². The maximum absolute atomic E-state index is 12.3. The van der Waals surface area contributed by atoms with E-state index in [1.54, 1.807) is 23.5 Å². The van der Waals surface area contributed by atoms with E-state index in [9.17, 15) is 9.59 Å². The van der Waals surface area contributed by atoms with Gasteiger partial charge in [0.25, 0.3) is 5.56 Å². The van der Waals surface area contributed by atoms with Gasteiger partial charge in [0.2, 0.25) is 5.91 Å². The lowest BCUT2D eigenvalue weighted by atomic mass is 10.2. The summed E-state index contributed by atoms with van der Waals surface area (Å²) in [5.74, 6) is 0.703. The summed E-state index contributed by atoms with van der Waals surface area (Å²) >= 11 is 1.62. The van der Waals surface area contributed by atoms with Gasteiger partial charge in [-0.3, -0.25) is 14.5 Å². The Hall–Kier alpha value is -2.77. The zero-order chi connectivity index (χ0) is 18.6. The molecular weight excluding hydrogens is 360 g/mol. The van der Waals surface area contributed by atoms with Crippen LogP contribution in [-0.4, -0.2) is 51.9 Å². The maximum Gasteiger partial charge on any atom is 0.258 e. The number of H-pyrrole nitrogens is 1. The van der Waals surface area contributed by atoms with Gasteiger partial charge in [-0.05, 0) is 40.6 Å². The van der Waals surface area contributed by atoms with E-state index in [4.69, 9.17) is 0 Å². The molecule has 1 aliphatic heterocycles. The molecule has 1 aliphatic rings. The molecule has 0 aliphatic carbocycles. The number of amides is 1. The highest BCUT2D eigenvalue weighted by molar-refractivity contribution is 7.08. The number of hydrogen-bond acceptors (Lipinski definition) is 5. The molecule has 2 aromatic heterocycles. The second kappa shape index (κ2) is 7.85. The highest BCUT2D eigenvalue weighted by Crippen LogP contribution is 2.11. The van der Waals surface area contributed by atoms with Crippen LogP contribution in [0.5, 0.6) is 0 Å². The Labute approximate surface area is 160 Å². The van der Waals surface area contributed by atoms with E-state index < -0.39 is 0 Å². The van der Waals surface area contributed by atoms with Crippen LogP contribution in [-0.2, 0) is 11.3 Å². The zero-order valence-electron chi connectivity index (χ0n) is 14.8. The standard InChI is InChI=1S/C20H20N4O2S/c25-19(6-5-15-7-12-27-14-15)24-10-8-23(9-11-24)13-18-21-17-4-2-1-3-16(17)20(26)22-18/h1-7,12,14H,8-11,13H2,(H,21,22,26). The summed E-state index contributed by atoms with van der Waals surface area (Å²) in [5.41, 5.74) is 1.66. The van der Waals surface area contributed by atoms with Crippen LogP contribution in [0.15, 0.2) is 52.0 Å². The molecule has 0 bridgehead atoms. The summed E-state index contributed by atoms with van der Waals surface area (Å²) in [6.45, 7) is 3.44. The third-order valence-corrected chi connectivity index (χ3v) is 5.38. The number of fused-ring (bicyclic) bond motifs is 1. The third-order valence-electron chi connectivity index (χ3n) is 4.68. The Kier molecular flexibility index (Phi) is 5.13. The molecular formula is C20H20N4O2S. The Bertz CT molecular complexity index is 1020. The van der Waals surface area contributed by atoms with Gasteiger partial charge in [-0.2, -0.15) is 11.3 Å². The van der Waals surface area contributed by atoms with Crippen LogP contribution in [0, 0.1) is 0 Å². The average molecular weight is 380 g/mol. The lowest BCUT2D eigenvalue weighted by molar-refractivity contribution is -0.127. The van der Waals surface area contributed by atoms with Gasteiger partial charge in [0.15, 0.2) is 0 Å². The van der Waals surface area contributed by atoms with E-state index in [0.717, 1.165) is 18.7 Å². The summed E-state index contributed by atoms with van der Waals surface area (Å²) in [4.78, 5) is 36.0. The number of benzene rings is 1. The SMILES string of the molecule is O=C(C=Cc1ccsc1)N1CCN(Cc2nc3ccccc3c(=O)[nH]2)CC1. The highest BCUT2D eigenvalue weighted by Gasteiger charge is 2.20. The summed E-state index contributed by atoms with van der Waals surface area (Å²) in [6, 6.07) is 9.34. The number of carbonyl (C=O) groups is 1. The van der Waals surface area contributed by atoms with Crippen LogP contribution in [0.2, 0.25) is 0 Å². The van der Waals surface area contributed by atoms with E-state index in [1.165, 1.54) is 0 Å². The lowest BCUT2D eigenvalue weighted by Crippen LogP contribution is -2.48. The Morgan fingerprint density at radius 1 is 1.19 bits per heavy atom. The van der Waals surface area contributed by atoms with Gasteiger partial charge >= 0.3 is 0 Å². The second-order valence-corrected chi connectivity index (χ2v) is 7.30. The summed E-state index contributed by atoms with van der Waals surface area (Å²) in [7, 11) is 0. The molecule has 1 fully saturated rings. The lowest BCUT2D eigenvalue weighted by Gasteiger charge is -2.33. The van der Waals surface area contributed by atoms with Crippen molar-refractivity contribution < 1.29 is 4.79 Å². The molecule has 0 atom stereocenters. The Morgan fingerprint density at radius 3 is 2.78 bits per heavy atom. The number of hydrogen-bond donors (Lipinski definition) is 1. The highest BCUT2D eigenvalue weighted by atomic mass is 32.1. The number of carbonyl (C=O) groups excluding carboxylic acids is 1. The van der Waals surface area contributed by atoms with Gasteiger partial charge in [0.05, 0.1) is 17.4 Å². The zero-order valence-corrected chi connectivity index (χ0v) is 15.6. The first-order valence-corrected chi connectivity index (χ1v) is 9.83. The molecule has 3 aromatic rings. The van der Waals surface area contributed by atoms with Crippen molar-refractivity contribution in [3.05, 3.63) is 68.9 Å². The van der Waals surface area contributed by atoms with Crippen molar-refractivity contribution in [3.8, 4) is 0 Å². The second-order valence-electron chi connectivity index (χ2n) is 6.52. The molecule has 0 spiro atoms. The molecule has 0 saturated carbocycles. The van der Waals surface area contributed by atoms with E-state index in [0.29, 0.717) is 36.4 Å². The van der Waals surface area contributed by atoms with E-state index in [-0.39, 0.29) is 11.5 Å². The predicted molar refractivity (Wildman–Crippen MR) is 108 cm³/mol. The van der Waals surface area contributed by atoms with Crippen LogP contribution in [0.25, 0.3) is 17.0 Å². The average Bonchev–Trinajstić information content (AvgIpc) is 3.20. The largest absolute Gasteiger partial charge is 0.337 e. The number of nitrogens with zero attached hydrogens (tertiary/aromatic N) is 3. The monoisotopic (exact) mass is 380 g/mol. The quantitative estimate of drug-likeness (QED) is 0.706. The van der Waals surface area contributed by atoms with E-state index in [1.807, 2.05) is 46.0 Å². The summed E-state index contributed by atoms with van der Waals surface area (Å²) in [6.07, 6.45) is 3.50. The van der Waals surface area contributed by atoms with Crippen LogP contribution in [0.3, 0.4) is 0 Å². The molecule has 0 unspecified atom stereocenters. The minimum absolute atomic E-state index is 0.0399. The molecule has 3 heterocycles. The molecule has 1 N–H and O–H groups in total. The predicted octanol–water partition coefficient (Wildman–Crippen LogP) is 2.34. The van der Waals surface area contributed by atoms with Crippen LogP contribution < -0.4 is 5.56 Å². The van der Waals surface area contributed by atoms with Crippen molar-refractivity contribution in [1.82, 2.24) is 19.8 Å². The van der Waals surface area contributed by atoms with Gasteiger partial charge in [0, 0.05) is 32.3 Å². The molecule has 4 rings (SSSR count). The van der Waals surface area contributed by atoms with Crippen LogP contribution in [0.4, 0.5) is 0 Å².